The first-order valence-electron chi connectivity index (χ1n) is 6.55. The van der Waals surface area contributed by atoms with Crippen molar-refractivity contribution in [3.8, 4) is 11.5 Å². The van der Waals surface area contributed by atoms with Crippen LogP contribution in [0.5, 0.6) is 11.5 Å². The van der Waals surface area contributed by atoms with Crippen LogP contribution < -0.4 is 10.1 Å². The minimum Gasteiger partial charge on any atom is -0.457 e. The molecule has 4 heteroatoms. The molecule has 0 bridgehead atoms. The van der Waals surface area contributed by atoms with E-state index in [0.29, 0.717) is 28.2 Å². The minimum atomic E-state index is -0.387. The number of amides is 2. The molecule has 0 aliphatic carbocycles. The lowest BCUT2D eigenvalue weighted by molar-refractivity contribution is -0.123. The smallest absolute Gasteiger partial charge is 0.259 e. The predicted molar refractivity (Wildman–Crippen MR) is 78.7 cm³/mol. The van der Waals surface area contributed by atoms with Crippen LogP contribution >= 0.6 is 0 Å². The Balaban J connectivity index is 2.05. The molecule has 4 nitrogen and oxygen atoms in total. The van der Waals surface area contributed by atoms with E-state index in [1.165, 1.54) is 0 Å². The Morgan fingerprint density at radius 2 is 1.52 bits per heavy atom. The Hall–Kier alpha value is -2.88. The summed E-state index contributed by atoms with van der Waals surface area (Å²) in [6.07, 6.45) is 0. The van der Waals surface area contributed by atoms with Gasteiger partial charge in [-0.3, -0.25) is 14.9 Å². The van der Waals surface area contributed by atoms with Crippen LogP contribution in [0.4, 0.5) is 0 Å². The Bertz CT molecular complexity index is 748. The van der Waals surface area contributed by atoms with E-state index in [1.807, 2.05) is 42.5 Å². The van der Waals surface area contributed by atoms with Gasteiger partial charge in [-0.2, -0.15) is 0 Å². The predicted octanol–water partition coefficient (Wildman–Crippen LogP) is 2.91. The molecule has 1 aliphatic rings. The van der Waals surface area contributed by atoms with E-state index in [4.69, 9.17) is 4.74 Å². The highest BCUT2D eigenvalue weighted by Gasteiger charge is 2.29. The van der Waals surface area contributed by atoms with Gasteiger partial charge < -0.3 is 4.74 Å². The monoisotopic (exact) mass is 279 g/mol. The van der Waals surface area contributed by atoms with Gasteiger partial charge in [0.05, 0.1) is 5.57 Å². The molecule has 0 saturated heterocycles. The van der Waals surface area contributed by atoms with Gasteiger partial charge in [0.25, 0.3) is 11.8 Å². The van der Waals surface area contributed by atoms with E-state index in [0.717, 1.165) is 0 Å². The lowest BCUT2D eigenvalue weighted by Crippen LogP contribution is -2.22. The van der Waals surface area contributed by atoms with Crippen molar-refractivity contribution in [2.75, 3.05) is 0 Å². The first kappa shape index (κ1) is 13.1. The standard InChI is InChI=1S/C17H13NO3/c1-11-15(17(20)18-16(11)19)13-9-5-6-10-14(13)21-12-7-3-2-4-8-12/h2-10H,1H3,(H,18,19,20). The number of nitrogens with one attached hydrogen (secondary N) is 1. The largest absolute Gasteiger partial charge is 0.457 e. The van der Waals surface area contributed by atoms with Crippen LogP contribution in [0.25, 0.3) is 5.57 Å². The second-order valence-corrected chi connectivity index (χ2v) is 4.69. The van der Waals surface area contributed by atoms with Gasteiger partial charge in [-0.25, -0.2) is 0 Å². The van der Waals surface area contributed by atoms with Gasteiger partial charge in [0.2, 0.25) is 0 Å². The minimum absolute atomic E-state index is 0.357. The second kappa shape index (κ2) is 5.25. The molecule has 1 aliphatic heterocycles. The molecule has 0 spiro atoms. The van der Waals surface area contributed by atoms with Gasteiger partial charge in [0.15, 0.2) is 0 Å². The topological polar surface area (TPSA) is 55.4 Å². The van der Waals surface area contributed by atoms with Crippen LogP contribution in [-0.2, 0) is 9.59 Å². The number of ether oxygens (including phenoxy) is 1. The number of hydrogen-bond donors (Lipinski definition) is 1. The van der Waals surface area contributed by atoms with Crippen molar-refractivity contribution in [3.05, 3.63) is 65.7 Å². The second-order valence-electron chi connectivity index (χ2n) is 4.69. The SMILES string of the molecule is CC1=C(c2ccccc2Oc2ccccc2)C(=O)NC1=O. The molecule has 0 saturated carbocycles. The van der Waals surface area contributed by atoms with E-state index in [1.54, 1.807) is 19.1 Å². The fraction of sp³-hybridized carbons (Fsp3) is 0.0588. The van der Waals surface area contributed by atoms with Crippen LogP contribution in [0, 0.1) is 0 Å². The fourth-order valence-corrected chi connectivity index (χ4v) is 2.25. The maximum Gasteiger partial charge on any atom is 0.259 e. The Morgan fingerprint density at radius 3 is 2.19 bits per heavy atom. The molecule has 0 unspecified atom stereocenters. The third-order valence-electron chi connectivity index (χ3n) is 3.30. The van der Waals surface area contributed by atoms with Gasteiger partial charge in [-0.15, -0.1) is 0 Å². The average Bonchev–Trinajstić information content (AvgIpc) is 2.74. The first-order valence-corrected chi connectivity index (χ1v) is 6.55. The quantitative estimate of drug-likeness (QED) is 0.879. The first-order chi connectivity index (χ1) is 10.2. The van der Waals surface area contributed by atoms with Crippen molar-refractivity contribution in [1.82, 2.24) is 5.32 Å². The van der Waals surface area contributed by atoms with E-state index in [2.05, 4.69) is 5.32 Å². The maximum atomic E-state index is 12.0. The van der Waals surface area contributed by atoms with Gasteiger partial charge >= 0.3 is 0 Å². The molecule has 2 amide bonds. The highest BCUT2D eigenvalue weighted by Crippen LogP contribution is 2.33. The van der Waals surface area contributed by atoms with Crippen molar-refractivity contribution >= 4 is 17.4 Å². The number of rotatable bonds is 3. The van der Waals surface area contributed by atoms with Gasteiger partial charge in [0.1, 0.15) is 11.5 Å². The molecule has 0 aromatic heterocycles. The summed E-state index contributed by atoms with van der Waals surface area (Å²) in [5.74, 6) is 0.474. The molecule has 0 fully saturated rings. The number of carbonyl (C=O) groups is 2. The molecule has 2 aromatic carbocycles. The summed E-state index contributed by atoms with van der Waals surface area (Å²) in [6.45, 7) is 1.63. The van der Waals surface area contributed by atoms with Crippen LogP contribution in [0.1, 0.15) is 12.5 Å². The third-order valence-corrected chi connectivity index (χ3v) is 3.30. The summed E-state index contributed by atoms with van der Waals surface area (Å²) in [5.41, 5.74) is 1.39. The number of carbonyl (C=O) groups excluding carboxylic acids is 2. The lowest BCUT2D eigenvalue weighted by Gasteiger charge is -2.11. The summed E-state index contributed by atoms with van der Waals surface area (Å²) in [7, 11) is 0. The molecular formula is C17H13NO3. The number of benzene rings is 2. The normalized spacial score (nSPS) is 14.3. The zero-order valence-electron chi connectivity index (χ0n) is 11.4. The lowest BCUT2D eigenvalue weighted by atomic mass is 10.0. The molecule has 21 heavy (non-hydrogen) atoms. The molecular weight excluding hydrogens is 266 g/mol. The van der Waals surface area contributed by atoms with Gasteiger partial charge in [0, 0.05) is 11.1 Å². The maximum absolute atomic E-state index is 12.0. The zero-order valence-corrected chi connectivity index (χ0v) is 11.4. The summed E-state index contributed by atoms with van der Waals surface area (Å²) >= 11 is 0. The average molecular weight is 279 g/mol. The molecule has 0 radical (unpaired) electrons. The molecule has 104 valence electrons. The molecule has 1 heterocycles. The fourth-order valence-electron chi connectivity index (χ4n) is 2.25. The highest BCUT2D eigenvalue weighted by molar-refractivity contribution is 6.36. The molecule has 3 rings (SSSR count). The summed E-state index contributed by atoms with van der Waals surface area (Å²) in [6, 6.07) is 16.5. The van der Waals surface area contributed by atoms with Crippen molar-refractivity contribution in [1.29, 1.82) is 0 Å². The van der Waals surface area contributed by atoms with Crippen LogP contribution in [0.15, 0.2) is 60.2 Å². The zero-order chi connectivity index (χ0) is 14.8. The van der Waals surface area contributed by atoms with Crippen molar-refractivity contribution in [3.63, 3.8) is 0 Å². The summed E-state index contributed by atoms with van der Waals surface area (Å²) < 4.78 is 5.83. The van der Waals surface area contributed by atoms with E-state index in [-0.39, 0.29) is 11.8 Å². The van der Waals surface area contributed by atoms with E-state index in [9.17, 15) is 9.59 Å². The Morgan fingerprint density at radius 1 is 0.857 bits per heavy atom. The third kappa shape index (κ3) is 2.43. The van der Waals surface area contributed by atoms with E-state index >= 15 is 0 Å². The number of para-hydroxylation sites is 2. The molecule has 1 N–H and O–H groups in total. The highest BCUT2D eigenvalue weighted by atomic mass is 16.5. The summed E-state index contributed by atoms with van der Waals surface area (Å²) in [4.78, 5) is 23.6. The Kier molecular flexibility index (Phi) is 3.28. The summed E-state index contributed by atoms with van der Waals surface area (Å²) in [5, 5.41) is 2.30. The van der Waals surface area contributed by atoms with Crippen molar-refractivity contribution < 1.29 is 14.3 Å². The van der Waals surface area contributed by atoms with Crippen molar-refractivity contribution in [2.24, 2.45) is 0 Å². The van der Waals surface area contributed by atoms with Crippen molar-refractivity contribution in [2.45, 2.75) is 6.92 Å². The van der Waals surface area contributed by atoms with Crippen LogP contribution in [0.2, 0.25) is 0 Å². The molecule has 2 aromatic rings. The van der Waals surface area contributed by atoms with Gasteiger partial charge in [-0.05, 0) is 25.1 Å². The Labute approximate surface area is 122 Å². The van der Waals surface area contributed by atoms with Gasteiger partial charge in [-0.1, -0.05) is 36.4 Å². The molecule has 0 atom stereocenters. The van der Waals surface area contributed by atoms with E-state index < -0.39 is 0 Å². The van der Waals surface area contributed by atoms with Crippen LogP contribution in [0.3, 0.4) is 0 Å². The number of imide groups is 1. The number of hydrogen-bond acceptors (Lipinski definition) is 3. The van der Waals surface area contributed by atoms with Crippen LogP contribution in [-0.4, -0.2) is 11.8 Å².